The van der Waals surface area contributed by atoms with Crippen molar-refractivity contribution in [3.05, 3.63) is 17.8 Å². The van der Waals surface area contributed by atoms with Crippen molar-refractivity contribution in [1.29, 1.82) is 0 Å². The quantitative estimate of drug-likeness (QED) is 0.848. The molecule has 5 heteroatoms. The Balaban J connectivity index is 1.90. The van der Waals surface area contributed by atoms with Gasteiger partial charge in [0, 0.05) is 18.8 Å². The van der Waals surface area contributed by atoms with Gasteiger partial charge in [-0.3, -0.25) is 4.79 Å². The van der Waals surface area contributed by atoms with Crippen molar-refractivity contribution in [2.75, 3.05) is 30.7 Å². The van der Waals surface area contributed by atoms with E-state index in [-0.39, 0.29) is 12.5 Å². The highest BCUT2D eigenvalue weighted by Gasteiger charge is 2.16. The number of aromatic nitrogens is 1. The van der Waals surface area contributed by atoms with Gasteiger partial charge in [-0.2, -0.15) is 0 Å². The van der Waals surface area contributed by atoms with Crippen LogP contribution in [0.4, 0.5) is 11.5 Å². The minimum atomic E-state index is 0.123. The van der Waals surface area contributed by atoms with E-state index in [1.54, 1.807) is 6.07 Å². The van der Waals surface area contributed by atoms with Gasteiger partial charge in [0.25, 0.3) is 0 Å². The molecular weight excluding hydrogens is 228 g/mol. The molecule has 1 fully saturated rings. The van der Waals surface area contributed by atoms with E-state index in [9.17, 15) is 4.79 Å². The van der Waals surface area contributed by atoms with Crippen LogP contribution in [0.5, 0.6) is 0 Å². The molecule has 18 heavy (non-hydrogen) atoms. The highest BCUT2D eigenvalue weighted by molar-refractivity contribution is 5.81. The van der Waals surface area contributed by atoms with Crippen LogP contribution in [0, 0.1) is 6.92 Å². The lowest BCUT2D eigenvalue weighted by Crippen LogP contribution is -2.39. The summed E-state index contributed by atoms with van der Waals surface area (Å²) in [5.74, 6) is 0.720. The summed E-state index contributed by atoms with van der Waals surface area (Å²) in [5.41, 5.74) is 7.27. The average molecular weight is 248 g/mol. The number of carbonyl (C=O) groups is 1. The van der Waals surface area contributed by atoms with Crippen LogP contribution in [-0.2, 0) is 4.79 Å². The number of piperidine rings is 1. The largest absolute Gasteiger partial charge is 0.396 e. The van der Waals surface area contributed by atoms with Gasteiger partial charge in [0.2, 0.25) is 5.91 Å². The van der Waals surface area contributed by atoms with Crippen LogP contribution in [0.2, 0.25) is 0 Å². The average Bonchev–Trinajstić information content (AvgIpc) is 2.40. The van der Waals surface area contributed by atoms with E-state index in [1.807, 2.05) is 17.9 Å². The Hall–Kier alpha value is -1.78. The molecule has 1 aliphatic heterocycles. The molecule has 0 atom stereocenters. The molecule has 0 radical (unpaired) electrons. The molecule has 1 amide bonds. The van der Waals surface area contributed by atoms with Gasteiger partial charge in [-0.25, -0.2) is 4.98 Å². The first-order valence-corrected chi connectivity index (χ1v) is 6.41. The van der Waals surface area contributed by atoms with Crippen LogP contribution in [0.15, 0.2) is 12.1 Å². The monoisotopic (exact) mass is 248 g/mol. The van der Waals surface area contributed by atoms with E-state index in [2.05, 4.69) is 10.3 Å². The fourth-order valence-corrected chi connectivity index (χ4v) is 2.12. The molecule has 3 N–H and O–H groups in total. The van der Waals surface area contributed by atoms with Gasteiger partial charge < -0.3 is 16.0 Å². The van der Waals surface area contributed by atoms with Gasteiger partial charge in [0.1, 0.15) is 5.82 Å². The van der Waals surface area contributed by atoms with Crippen molar-refractivity contribution in [3.63, 3.8) is 0 Å². The zero-order chi connectivity index (χ0) is 13.0. The summed E-state index contributed by atoms with van der Waals surface area (Å²) in [6.45, 7) is 3.91. The second-order valence-corrected chi connectivity index (χ2v) is 4.69. The third-order valence-electron chi connectivity index (χ3n) is 3.18. The number of anilines is 2. The first-order chi connectivity index (χ1) is 8.66. The Labute approximate surface area is 107 Å². The fourth-order valence-electron chi connectivity index (χ4n) is 2.12. The number of nitrogens with two attached hydrogens (primary N) is 1. The van der Waals surface area contributed by atoms with Crippen molar-refractivity contribution in [2.45, 2.75) is 26.2 Å². The van der Waals surface area contributed by atoms with Crippen molar-refractivity contribution in [2.24, 2.45) is 0 Å². The Kier molecular flexibility index (Phi) is 4.02. The minimum Gasteiger partial charge on any atom is -0.396 e. The lowest BCUT2D eigenvalue weighted by molar-refractivity contribution is -0.130. The Morgan fingerprint density at radius 3 is 2.83 bits per heavy atom. The molecule has 0 aromatic carbocycles. The van der Waals surface area contributed by atoms with E-state index < -0.39 is 0 Å². The van der Waals surface area contributed by atoms with E-state index in [0.717, 1.165) is 31.6 Å². The number of likely N-dealkylation sites (tertiary alicyclic amines) is 1. The molecule has 1 aliphatic rings. The van der Waals surface area contributed by atoms with E-state index >= 15 is 0 Å². The fraction of sp³-hybridized carbons (Fsp3) is 0.538. The van der Waals surface area contributed by atoms with Crippen molar-refractivity contribution < 1.29 is 4.79 Å². The third kappa shape index (κ3) is 3.12. The molecule has 0 saturated carbocycles. The van der Waals surface area contributed by atoms with Gasteiger partial charge in [0.05, 0.1) is 12.2 Å². The maximum atomic E-state index is 12.0. The van der Waals surface area contributed by atoms with Crippen LogP contribution in [0.25, 0.3) is 0 Å². The number of amides is 1. The maximum absolute atomic E-state index is 12.0. The number of hydrogen-bond donors (Lipinski definition) is 2. The Bertz CT molecular complexity index is 427. The van der Waals surface area contributed by atoms with Crippen molar-refractivity contribution in [1.82, 2.24) is 9.88 Å². The molecule has 0 spiro atoms. The SMILES string of the molecule is Cc1ccc(N)c(NCC(=O)N2CCCCC2)n1. The van der Waals surface area contributed by atoms with Gasteiger partial charge >= 0.3 is 0 Å². The predicted molar refractivity (Wildman–Crippen MR) is 72.3 cm³/mol. The zero-order valence-electron chi connectivity index (χ0n) is 10.8. The molecule has 2 rings (SSSR count). The molecule has 0 bridgehead atoms. The Morgan fingerprint density at radius 1 is 1.39 bits per heavy atom. The third-order valence-corrected chi connectivity index (χ3v) is 3.18. The lowest BCUT2D eigenvalue weighted by Gasteiger charge is -2.26. The van der Waals surface area contributed by atoms with E-state index in [0.29, 0.717) is 11.5 Å². The highest BCUT2D eigenvalue weighted by Crippen LogP contribution is 2.15. The van der Waals surface area contributed by atoms with Gasteiger partial charge in [0.15, 0.2) is 0 Å². The van der Waals surface area contributed by atoms with Gasteiger partial charge in [-0.05, 0) is 38.3 Å². The minimum absolute atomic E-state index is 0.123. The van der Waals surface area contributed by atoms with Crippen LogP contribution in [0.3, 0.4) is 0 Å². The zero-order valence-corrected chi connectivity index (χ0v) is 10.8. The van der Waals surface area contributed by atoms with Crippen molar-refractivity contribution in [3.8, 4) is 0 Å². The number of nitrogen functional groups attached to an aromatic ring is 1. The summed E-state index contributed by atoms with van der Waals surface area (Å²) in [6.07, 6.45) is 3.44. The van der Waals surface area contributed by atoms with Crippen LogP contribution < -0.4 is 11.1 Å². The van der Waals surface area contributed by atoms with Crippen LogP contribution in [0.1, 0.15) is 25.0 Å². The molecule has 1 aromatic heterocycles. The predicted octanol–water partition coefficient (Wildman–Crippen LogP) is 1.40. The molecule has 2 heterocycles. The molecule has 5 nitrogen and oxygen atoms in total. The normalized spacial score (nSPS) is 15.5. The summed E-state index contributed by atoms with van der Waals surface area (Å²) >= 11 is 0. The number of carbonyl (C=O) groups excluding carboxylic acids is 1. The first kappa shape index (κ1) is 12.7. The summed E-state index contributed by atoms with van der Waals surface area (Å²) in [5, 5.41) is 3.02. The number of nitrogens with one attached hydrogen (secondary N) is 1. The molecule has 98 valence electrons. The van der Waals surface area contributed by atoms with Gasteiger partial charge in [-0.1, -0.05) is 0 Å². The first-order valence-electron chi connectivity index (χ1n) is 6.41. The summed E-state index contributed by atoms with van der Waals surface area (Å²) in [4.78, 5) is 18.2. The molecule has 1 aromatic rings. The van der Waals surface area contributed by atoms with Crippen LogP contribution in [-0.4, -0.2) is 35.4 Å². The summed E-state index contributed by atoms with van der Waals surface area (Å²) < 4.78 is 0. The standard InChI is InChI=1S/C13H20N4O/c1-10-5-6-11(14)13(16-10)15-9-12(18)17-7-3-2-4-8-17/h5-6H,2-4,7-9,14H2,1H3,(H,15,16). The number of hydrogen-bond acceptors (Lipinski definition) is 4. The number of pyridine rings is 1. The molecule has 0 aliphatic carbocycles. The number of aryl methyl sites for hydroxylation is 1. The van der Waals surface area contributed by atoms with Crippen LogP contribution >= 0.6 is 0 Å². The maximum Gasteiger partial charge on any atom is 0.241 e. The van der Waals surface area contributed by atoms with Gasteiger partial charge in [-0.15, -0.1) is 0 Å². The Morgan fingerprint density at radius 2 is 2.11 bits per heavy atom. The molecular formula is C13H20N4O. The van der Waals surface area contributed by atoms with Crippen molar-refractivity contribution >= 4 is 17.4 Å². The van der Waals surface area contributed by atoms with E-state index in [4.69, 9.17) is 5.73 Å². The number of nitrogens with zero attached hydrogens (tertiary/aromatic N) is 2. The highest BCUT2D eigenvalue weighted by atomic mass is 16.2. The lowest BCUT2D eigenvalue weighted by atomic mass is 10.1. The summed E-state index contributed by atoms with van der Waals surface area (Å²) in [7, 11) is 0. The number of rotatable bonds is 3. The van der Waals surface area contributed by atoms with E-state index in [1.165, 1.54) is 6.42 Å². The second kappa shape index (κ2) is 5.71. The summed E-state index contributed by atoms with van der Waals surface area (Å²) in [6, 6.07) is 3.66. The molecule has 1 saturated heterocycles. The second-order valence-electron chi connectivity index (χ2n) is 4.69. The smallest absolute Gasteiger partial charge is 0.241 e. The topological polar surface area (TPSA) is 71.2 Å². The molecule has 0 unspecified atom stereocenters.